The zero-order valence-corrected chi connectivity index (χ0v) is 11.7. The van der Waals surface area contributed by atoms with Gasteiger partial charge in [0.1, 0.15) is 0 Å². The average Bonchev–Trinajstić information content (AvgIpc) is 2.71. The van der Waals surface area contributed by atoms with Crippen molar-refractivity contribution in [1.29, 1.82) is 0 Å². The van der Waals surface area contributed by atoms with E-state index in [0.29, 0.717) is 19.0 Å². The fraction of sp³-hybridized carbons (Fsp3) is 0.692. The second-order valence-corrected chi connectivity index (χ2v) is 5.03. The van der Waals surface area contributed by atoms with E-state index in [1.54, 1.807) is 0 Å². The molecule has 1 rings (SSSR count). The Hall–Kier alpha value is -1.36. The fourth-order valence-corrected chi connectivity index (χ4v) is 1.75. The Labute approximate surface area is 109 Å². The summed E-state index contributed by atoms with van der Waals surface area (Å²) >= 11 is 0. The van der Waals surface area contributed by atoms with Crippen LogP contribution in [0.3, 0.4) is 0 Å². The first-order valence-electron chi connectivity index (χ1n) is 6.51. The van der Waals surface area contributed by atoms with Gasteiger partial charge >= 0.3 is 0 Å². The number of amides is 1. The van der Waals surface area contributed by atoms with Crippen molar-refractivity contribution >= 4 is 5.91 Å². The topological polar surface area (TPSA) is 59.0 Å². The van der Waals surface area contributed by atoms with Gasteiger partial charge in [-0.05, 0) is 27.7 Å². The molecule has 1 heterocycles. The summed E-state index contributed by atoms with van der Waals surface area (Å²) in [7, 11) is 0. The fourth-order valence-electron chi connectivity index (χ4n) is 1.75. The van der Waals surface area contributed by atoms with Crippen LogP contribution in [0, 0.1) is 0 Å². The van der Waals surface area contributed by atoms with Crippen molar-refractivity contribution in [2.75, 3.05) is 6.54 Å². The number of carbonyl (C=O) groups is 1. The molecular weight excluding hydrogens is 228 g/mol. The smallest absolute Gasteiger partial charge is 0.221 e. The summed E-state index contributed by atoms with van der Waals surface area (Å²) in [5.74, 6) is 0.0925. The minimum atomic E-state index is 0.0925. The lowest BCUT2D eigenvalue weighted by atomic mass is 10.3. The van der Waals surface area contributed by atoms with Gasteiger partial charge < -0.3 is 15.2 Å². The number of hydrogen-bond acceptors (Lipinski definition) is 3. The van der Waals surface area contributed by atoms with Crippen LogP contribution < -0.4 is 10.6 Å². The van der Waals surface area contributed by atoms with Crippen LogP contribution in [0.2, 0.25) is 0 Å². The molecule has 0 radical (unpaired) electrons. The zero-order chi connectivity index (χ0) is 13.5. The Balaban J connectivity index is 2.25. The molecule has 0 atom stereocenters. The summed E-state index contributed by atoms with van der Waals surface area (Å²) in [6, 6.07) is 0.619. The van der Waals surface area contributed by atoms with Crippen LogP contribution in [0.1, 0.15) is 45.9 Å². The Kier molecular flexibility index (Phi) is 5.85. The van der Waals surface area contributed by atoms with Gasteiger partial charge in [0.15, 0.2) is 0 Å². The molecule has 1 aromatic rings. The minimum Gasteiger partial charge on any atom is -0.354 e. The Morgan fingerprint density at radius 1 is 1.39 bits per heavy atom. The highest BCUT2D eigenvalue weighted by molar-refractivity contribution is 5.76. The van der Waals surface area contributed by atoms with Crippen LogP contribution in [0.25, 0.3) is 0 Å². The lowest BCUT2D eigenvalue weighted by Crippen LogP contribution is -2.32. The van der Waals surface area contributed by atoms with E-state index in [9.17, 15) is 4.79 Å². The number of aromatic nitrogens is 2. The molecule has 0 spiro atoms. The van der Waals surface area contributed by atoms with Crippen molar-refractivity contribution in [3.63, 3.8) is 0 Å². The minimum absolute atomic E-state index is 0.0925. The first-order chi connectivity index (χ1) is 8.50. The first-order valence-corrected chi connectivity index (χ1v) is 6.51. The van der Waals surface area contributed by atoms with E-state index >= 15 is 0 Å². The second-order valence-electron chi connectivity index (χ2n) is 5.03. The van der Waals surface area contributed by atoms with Crippen molar-refractivity contribution < 1.29 is 4.79 Å². The average molecular weight is 252 g/mol. The summed E-state index contributed by atoms with van der Waals surface area (Å²) in [5.41, 5.74) is 1.15. The van der Waals surface area contributed by atoms with Crippen LogP contribution in [-0.4, -0.2) is 28.0 Å². The highest BCUT2D eigenvalue weighted by Gasteiger charge is 2.06. The Bertz CT molecular complexity index is 371. The number of rotatable bonds is 7. The van der Waals surface area contributed by atoms with Gasteiger partial charge in [-0.3, -0.25) is 4.79 Å². The standard InChI is InChI=1S/C13H24N4O/c1-10(2)16-13(18)5-6-14-7-12-8-15-9-17(12)11(3)4/h8-11,14H,5-7H2,1-4H3,(H,16,18). The maximum absolute atomic E-state index is 11.4. The summed E-state index contributed by atoms with van der Waals surface area (Å²) < 4.78 is 2.13. The normalized spacial score (nSPS) is 11.2. The molecule has 5 nitrogen and oxygen atoms in total. The number of nitrogens with one attached hydrogen (secondary N) is 2. The van der Waals surface area contributed by atoms with Gasteiger partial charge in [-0.25, -0.2) is 4.98 Å². The molecule has 2 N–H and O–H groups in total. The molecule has 0 bridgehead atoms. The van der Waals surface area contributed by atoms with Gasteiger partial charge in [0, 0.05) is 37.8 Å². The molecule has 0 unspecified atom stereocenters. The summed E-state index contributed by atoms with van der Waals surface area (Å²) in [6.45, 7) is 9.61. The maximum atomic E-state index is 11.4. The molecule has 0 aromatic carbocycles. The number of nitrogens with zero attached hydrogens (tertiary/aromatic N) is 2. The van der Waals surface area contributed by atoms with Gasteiger partial charge in [0.25, 0.3) is 0 Å². The number of imidazole rings is 1. The van der Waals surface area contributed by atoms with E-state index in [1.165, 1.54) is 0 Å². The van der Waals surface area contributed by atoms with Crippen LogP contribution in [0.15, 0.2) is 12.5 Å². The SMILES string of the molecule is CC(C)NC(=O)CCNCc1cncn1C(C)C. The molecule has 102 valence electrons. The molecule has 1 amide bonds. The van der Waals surface area contributed by atoms with E-state index in [2.05, 4.69) is 34.0 Å². The van der Waals surface area contributed by atoms with Crippen LogP contribution in [0.4, 0.5) is 0 Å². The molecule has 5 heteroatoms. The third-order valence-corrected chi connectivity index (χ3v) is 2.59. The monoisotopic (exact) mass is 252 g/mol. The van der Waals surface area contributed by atoms with Crippen molar-refractivity contribution in [1.82, 2.24) is 20.2 Å². The largest absolute Gasteiger partial charge is 0.354 e. The summed E-state index contributed by atoms with van der Waals surface area (Å²) in [5, 5.41) is 6.14. The molecule has 18 heavy (non-hydrogen) atoms. The predicted molar refractivity (Wildman–Crippen MR) is 72.2 cm³/mol. The molecule has 0 fully saturated rings. The Morgan fingerprint density at radius 2 is 2.11 bits per heavy atom. The van der Waals surface area contributed by atoms with Crippen molar-refractivity contribution in [3.8, 4) is 0 Å². The first kappa shape index (κ1) is 14.7. The second kappa shape index (κ2) is 7.16. The highest BCUT2D eigenvalue weighted by Crippen LogP contribution is 2.08. The van der Waals surface area contributed by atoms with Gasteiger partial charge in [-0.2, -0.15) is 0 Å². The zero-order valence-electron chi connectivity index (χ0n) is 11.7. The maximum Gasteiger partial charge on any atom is 0.221 e. The van der Waals surface area contributed by atoms with Crippen molar-refractivity contribution in [3.05, 3.63) is 18.2 Å². The molecule has 0 aliphatic rings. The molecule has 0 aliphatic carbocycles. The van der Waals surface area contributed by atoms with Gasteiger partial charge in [-0.1, -0.05) is 0 Å². The molecule has 0 saturated carbocycles. The lowest BCUT2D eigenvalue weighted by molar-refractivity contribution is -0.121. The van der Waals surface area contributed by atoms with Crippen LogP contribution in [-0.2, 0) is 11.3 Å². The van der Waals surface area contributed by atoms with E-state index in [0.717, 1.165) is 12.2 Å². The van der Waals surface area contributed by atoms with E-state index in [1.807, 2.05) is 26.4 Å². The summed E-state index contributed by atoms with van der Waals surface area (Å²) in [4.78, 5) is 15.6. The van der Waals surface area contributed by atoms with Crippen LogP contribution in [0.5, 0.6) is 0 Å². The predicted octanol–water partition coefficient (Wildman–Crippen LogP) is 1.47. The van der Waals surface area contributed by atoms with Gasteiger partial charge in [0.2, 0.25) is 5.91 Å². The van der Waals surface area contributed by atoms with Gasteiger partial charge in [0.05, 0.1) is 12.0 Å². The van der Waals surface area contributed by atoms with E-state index in [4.69, 9.17) is 0 Å². The molecule has 0 saturated heterocycles. The number of hydrogen-bond donors (Lipinski definition) is 2. The molecule has 1 aromatic heterocycles. The van der Waals surface area contributed by atoms with Crippen molar-refractivity contribution in [2.24, 2.45) is 0 Å². The number of carbonyl (C=O) groups excluding carboxylic acids is 1. The third-order valence-electron chi connectivity index (χ3n) is 2.59. The van der Waals surface area contributed by atoms with Crippen molar-refractivity contribution in [2.45, 2.75) is 52.7 Å². The lowest BCUT2D eigenvalue weighted by Gasteiger charge is -2.12. The summed E-state index contributed by atoms with van der Waals surface area (Å²) in [6.07, 6.45) is 4.21. The van der Waals surface area contributed by atoms with E-state index in [-0.39, 0.29) is 11.9 Å². The Morgan fingerprint density at radius 3 is 2.72 bits per heavy atom. The highest BCUT2D eigenvalue weighted by atomic mass is 16.1. The third kappa shape index (κ3) is 4.87. The quantitative estimate of drug-likeness (QED) is 0.722. The molecular formula is C13H24N4O. The molecule has 0 aliphatic heterocycles. The van der Waals surface area contributed by atoms with Crippen LogP contribution >= 0.6 is 0 Å². The van der Waals surface area contributed by atoms with E-state index < -0.39 is 0 Å². The van der Waals surface area contributed by atoms with Gasteiger partial charge in [-0.15, -0.1) is 0 Å².